The van der Waals surface area contributed by atoms with Gasteiger partial charge in [-0.1, -0.05) is 13.0 Å². The summed E-state index contributed by atoms with van der Waals surface area (Å²) in [5.41, 5.74) is 5.55. The van der Waals surface area contributed by atoms with Crippen LogP contribution in [-0.2, 0) is 13.0 Å². The van der Waals surface area contributed by atoms with E-state index in [9.17, 15) is 13.9 Å². The second kappa shape index (κ2) is 10.7. The Kier molecular flexibility index (Phi) is 7.07. The first-order valence-corrected chi connectivity index (χ1v) is 14.0. The van der Waals surface area contributed by atoms with Gasteiger partial charge in [-0.3, -0.25) is 0 Å². The van der Waals surface area contributed by atoms with E-state index < -0.39 is 11.6 Å². The fourth-order valence-corrected chi connectivity index (χ4v) is 7.43. The Morgan fingerprint density at radius 1 is 1.00 bits per heavy atom. The molecule has 40 heavy (non-hydrogen) atoms. The summed E-state index contributed by atoms with van der Waals surface area (Å²) < 4.78 is 38.3. The van der Waals surface area contributed by atoms with E-state index in [-0.39, 0.29) is 17.8 Å². The number of phenols is 1. The van der Waals surface area contributed by atoms with Gasteiger partial charge in [-0.2, -0.15) is 10.2 Å². The summed E-state index contributed by atoms with van der Waals surface area (Å²) in [7, 11) is 1.57. The summed E-state index contributed by atoms with van der Waals surface area (Å²) in [5.74, 6) is 1.36. The molecule has 0 heterocycles. The Morgan fingerprint density at radius 2 is 1.85 bits per heavy atom. The van der Waals surface area contributed by atoms with Gasteiger partial charge in [0.1, 0.15) is 23.9 Å². The van der Waals surface area contributed by atoms with Gasteiger partial charge in [0.05, 0.1) is 13.3 Å². The van der Waals surface area contributed by atoms with Crippen LogP contribution in [0.5, 0.6) is 17.2 Å². The molecule has 0 spiro atoms. The third-order valence-electron chi connectivity index (χ3n) is 9.42. The summed E-state index contributed by atoms with van der Waals surface area (Å²) in [6, 6.07) is 14.8. The molecule has 3 aromatic rings. The van der Waals surface area contributed by atoms with E-state index in [0.29, 0.717) is 29.3 Å². The normalized spacial score (nSPS) is 26.4. The largest absolute Gasteiger partial charge is 0.508 e. The van der Waals surface area contributed by atoms with E-state index in [0.717, 1.165) is 61.8 Å². The first kappa shape index (κ1) is 26.5. The topological polar surface area (TPSA) is 63.4 Å². The highest BCUT2D eigenvalue weighted by Gasteiger charge is 2.53. The van der Waals surface area contributed by atoms with Gasteiger partial charge in [-0.25, -0.2) is 8.78 Å². The number of rotatable bonds is 6. The lowest BCUT2D eigenvalue weighted by atomic mass is 9.55. The second-order valence-electron chi connectivity index (χ2n) is 11.5. The molecule has 6 rings (SSSR count). The molecular formula is C33H34F2N2O3. The van der Waals surface area contributed by atoms with Crippen LogP contribution in [-0.4, -0.2) is 24.1 Å². The smallest absolute Gasteiger partial charge is 0.167 e. The molecule has 208 valence electrons. The third kappa shape index (κ3) is 4.87. The van der Waals surface area contributed by atoms with E-state index in [4.69, 9.17) is 14.6 Å². The fraction of sp³-hybridized carbons (Fsp3) is 0.394. The van der Waals surface area contributed by atoms with Crippen LogP contribution in [0.15, 0.2) is 64.8 Å². The Labute approximate surface area is 233 Å². The number of halogens is 2. The lowest BCUT2D eigenvalue weighted by molar-refractivity contribution is 0.0955. The minimum atomic E-state index is -0.748. The quantitative estimate of drug-likeness (QED) is 0.257. The number of phenolic OH excluding ortho intramolecular Hbond substituents is 1. The van der Waals surface area contributed by atoms with Crippen molar-refractivity contribution in [2.24, 2.45) is 27.5 Å². The number of methoxy groups -OCH3 is 1. The number of ether oxygens (including phenoxy) is 2. The molecule has 2 fully saturated rings. The number of fused-ring (bicyclic) bond motifs is 5. The molecule has 0 bridgehead atoms. The standard InChI is InChI=1S/C33H34F2N2O3/c1-33-14-13-26-25-8-6-24(38)16-21(25)4-7-27(26)28(33)9-12-32(33)37-36-18-20-3-10-30(39-2)22(15-20)19-40-31-11-5-23(34)17-29(31)35/h3,5-6,8,10-11,15-18,26-28,38H,4,7,9,12-14,19H2,1-2H3/b36-18-,37-32-/t26-,27+,28-,33+/m1/s1. The number of aromatic hydroxyl groups is 1. The SMILES string of the molecule is COc1ccc(/C=N\N=C2\CC[C@@H]3[C@H]4CCc5cc(O)ccc5[C@H]4CC[C@]23C)cc1COc1ccc(F)cc1F. The molecule has 3 aliphatic carbocycles. The minimum Gasteiger partial charge on any atom is -0.508 e. The van der Waals surface area contributed by atoms with Gasteiger partial charge in [0, 0.05) is 22.8 Å². The van der Waals surface area contributed by atoms with Crippen molar-refractivity contribution in [1.82, 2.24) is 0 Å². The zero-order valence-electron chi connectivity index (χ0n) is 22.9. The third-order valence-corrected chi connectivity index (χ3v) is 9.42. The van der Waals surface area contributed by atoms with Crippen molar-refractivity contribution in [3.63, 3.8) is 0 Å². The van der Waals surface area contributed by atoms with Gasteiger partial charge in [-0.15, -0.1) is 0 Å². The van der Waals surface area contributed by atoms with Gasteiger partial charge in [-0.05, 0) is 115 Å². The number of aryl methyl sites for hydroxylation is 1. The highest BCUT2D eigenvalue weighted by Crippen LogP contribution is 2.60. The Hall–Kier alpha value is -3.74. The van der Waals surface area contributed by atoms with Gasteiger partial charge in [0.2, 0.25) is 0 Å². The van der Waals surface area contributed by atoms with E-state index in [1.165, 1.54) is 22.9 Å². The summed E-state index contributed by atoms with van der Waals surface area (Å²) in [6.07, 6.45) is 8.26. The maximum Gasteiger partial charge on any atom is 0.167 e. The van der Waals surface area contributed by atoms with E-state index in [1.807, 2.05) is 30.3 Å². The summed E-state index contributed by atoms with van der Waals surface area (Å²) in [4.78, 5) is 0. The minimum absolute atomic E-state index is 0.0210. The Balaban J connectivity index is 1.17. The molecule has 1 N–H and O–H groups in total. The van der Waals surface area contributed by atoms with Crippen LogP contribution in [0.3, 0.4) is 0 Å². The van der Waals surface area contributed by atoms with Crippen LogP contribution >= 0.6 is 0 Å². The summed E-state index contributed by atoms with van der Waals surface area (Å²) >= 11 is 0. The first-order chi connectivity index (χ1) is 19.4. The number of hydrogen-bond donors (Lipinski definition) is 1. The van der Waals surface area contributed by atoms with Crippen LogP contribution < -0.4 is 9.47 Å². The van der Waals surface area contributed by atoms with Gasteiger partial charge in [0.25, 0.3) is 0 Å². The maximum absolute atomic E-state index is 14.0. The van der Waals surface area contributed by atoms with E-state index >= 15 is 0 Å². The zero-order chi connectivity index (χ0) is 27.9. The van der Waals surface area contributed by atoms with Crippen molar-refractivity contribution < 1.29 is 23.4 Å². The predicted octanol–water partition coefficient (Wildman–Crippen LogP) is 7.59. The van der Waals surface area contributed by atoms with Crippen molar-refractivity contribution in [1.29, 1.82) is 0 Å². The van der Waals surface area contributed by atoms with Crippen LogP contribution in [0.4, 0.5) is 8.78 Å². The molecule has 0 saturated heterocycles. The molecular weight excluding hydrogens is 510 g/mol. The average molecular weight is 545 g/mol. The highest BCUT2D eigenvalue weighted by molar-refractivity contribution is 5.93. The lowest BCUT2D eigenvalue weighted by Gasteiger charge is -2.49. The molecule has 0 unspecified atom stereocenters. The number of hydrogen-bond acceptors (Lipinski definition) is 5. The molecule has 0 aliphatic heterocycles. The lowest BCUT2D eigenvalue weighted by Crippen LogP contribution is -2.42. The van der Waals surface area contributed by atoms with Crippen molar-refractivity contribution in [3.05, 3.63) is 88.5 Å². The highest BCUT2D eigenvalue weighted by atomic mass is 19.1. The van der Waals surface area contributed by atoms with Crippen LogP contribution in [0.25, 0.3) is 0 Å². The zero-order valence-corrected chi connectivity index (χ0v) is 22.9. The van der Waals surface area contributed by atoms with Crippen LogP contribution in [0, 0.1) is 28.9 Å². The van der Waals surface area contributed by atoms with Crippen molar-refractivity contribution in [2.45, 2.75) is 58.0 Å². The molecule has 0 amide bonds. The van der Waals surface area contributed by atoms with Gasteiger partial charge < -0.3 is 14.6 Å². The van der Waals surface area contributed by atoms with Crippen LogP contribution in [0.2, 0.25) is 0 Å². The fourth-order valence-electron chi connectivity index (χ4n) is 7.43. The van der Waals surface area contributed by atoms with Gasteiger partial charge >= 0.3 is 0 Å². The molecule has 7 heteroatoms. The second-order valence-corrected chi connectivity index (χ2v) is 11.5. The molecule has 0 aromatic heterocycles. The molecule has 3 aromatic carbocycles. The molecule has 5 nitrogen and oxygen atoms in total. The number of benzene rings is 3. The Morgan fingerprint density at radius 3 is 2.67 bits per heavy atom. The molecule has 3 aliphatic rings. The molecule has 4 atom stereocenters. The van der Waals surface area contributed by atoms with Crippen molar-refractivity contribution in [2.75, 3.05) is 7.11 Å². The van der Waals surface area contributed by atoms with Crippen molar-refractivity contribution >= 4 is 11.9 Å². The molecule has 0 radical (unpaired) electrons. The van der Waals surface area contributed by atoms with Crippen molar-refractivity contribution in [3.8, 4) is 17.2 Å². The molecule has 2 saturated carbocycles. The first-order valence-electron chi connectivity index (χ1n) is 14.0. The van der Waals surface area contributed by atoms with Gasteiger partial charge in [0.15, 0.2) is 11.6 Å². The van der Waals surface area contributed by atoms with Crippen LogP contribution in [0.1, 0.15) is 67.2 Å². The summed E-state index contributed by atoms with van der Waals surface area (Å²) in [5, 5.41) is 19.2. The Bertz CT molecular complexity index is 1490. The average Bonchev–Trinajstić information content (AvgIpc) is 3.28. The van der Waals surface area contributed by atoms with E-state index in [1.54, 1.807) is 13.3 Å². The number of nitrogens with zero attached hydrogens (tertiary/aromatic N) is 2. The summed E-state index contributed by atoms with van der Waals surface area (Å²) in [6.45, 7) is 2.44. The monoisotopic (exact) mass is 544 g/mol. The van der Waals surface area contributed by atoms with E-state index in [2.05, 4.69) is 18.1 Å². The predicted molar refractivity (Wildman–Crippen MR) is 151 cm³/mol. The maximum atomic E-state index is 14.0.